The van der Waals surface area contributed by atoms with Gasteiger partial charge in [-0.15, -0.1) is 0 Å². The van der Waals surface area contributed by atoms with Crippen LogP contribution >= 0.6 is 0 Å². The van der Waals surface area contributed by atoms with Gasteiger partial charge in [0.1, 0.15) is 5.75 Å². The van der Waals surface area contributed by atoms with Crippen LogP contribution in [0.25, 0.3) is 0 Å². The molecule has 1 rings (SSSR count). The zero-order chi connectivity index (χ0) is 15.7. The van der Waals surface area contributed by atoms with Crippen molar-refractivity contribution in [1.29, 1.82) is 0 Å². The second-order valence-electron chi connectivity index (χ2n) is 5.27. The third-order valence-corrected chi connectivity index (χ3v) is 4.51. The summed E-state index contributed by atoms with van der Waals surface area (Å²) in [6.07, 6.45) is 1.30. The van der Waals surface area contributed by atoms with Gasteiger partial charge in [-0.2, -0.15) is 0 Å². The number of hydrogen-bond donors (Lipinski definition) is 2. The second-order valence-corrected chi connectivity index (χ2v) is 7.20. The van der Waals surface area contributed by atoms with Crippen molar-refractivity contribution in [3.05, 3.63) is 29.8 Å². The molecule has 0 fully saturated rings. The molecule has 0 radical (unpaired) electrons. The molecule has 2 N–H and O–H groups in total. The summed E-state index contributed by atoms with van der Waals surface area (Å²) < 4.78 is 31.3. The minimum Gasteiger partial charge on any atom is -0.497 e. The summed E-state index contributed by atoms with van der Waals surface area (Å²) in [5, 5.41) is 3.21. The van der Waals surface area contributed by atoms with Crippen LogP contribution in [0.3, 0.4) is 0 Å². The number of sulfonamides is 1. The van der Waals surface area contributed by atoms with Crippen molar-refractivity contribution < 1.29 is 13.2 Å². The molecule has 1 aromatic rings. The highest BCUT2D eigenvalue weighted by atomic mass is 32.2. The lowest BCUT2D eigenvalue weighted by Gasteiger charge is -2.09. The maximum atomic E-state index is 11.8. The van der Waals surface area contributed by atoms with E-state index in [0.717, 1.165) is 17.9 Å². The smallest absolute Gasteiger partial charge is 0.211 e. The van der Waals surface area contributed by atoms with Gasteiger partial charge in [-0.1, -0.05) is 26.0 Å². The summed E-state index contributed by atoms with van der Waals surface area (Å²) in [6, 6.07) is 8.03. The molecule has 0 aliphatic heterocycles. The Balaban J connectivity index is 2.26. The Morgan fingerprint density at radius 1 is 1.14 bits per heavy atom. The zero-order valence-electron chi connectivity index (χ0n) is 13.1. The molecule has 5 nitrogen and oxygen atoms in total. The zero-order valence-corrected chi connectivity index (χ0v) is 13.9. The van der Waals surface area contributed by atoms with Crippen molar-refractivity contribution >= 4 is 10.0 Å². The molecular weight excluding hydrogens is 288 g/mol. The molecule has 0 atom stereocenters. The van der Waals surface area contributed by atoms with E-state index in [1.165, 1.54) is 0 Å². The van der Waals surface area contributed by atoms with Crippen LogP contribution in [0.4, 0.5) is 0 Å². The van der Waals surface area contributed by atoms with Gasteiger partial charge >= 0.3 is 0 Å². The highest BCUT2D eigenvalue weighted by molar-refractivity contribution is 7.89. The first-order valence-corrected chi connectivity index (χ1v) is 8.92. The van der Waals surface area contributed by atoms with Gasteiger partial charge in [-0.05, 0) is 37.1 Å². The molecule has 0 saturated carbocycles. The SMILES string of the molecule is COc1ccc(CCNS(=O)(=O)CCCNC(C)C)cc1. The van der Waals surface area contributed by atoms with E-state index in [1.54, 1.807) is 7.11 Å². The van der Waals surface area contributed by atoms with E-state index in [4.69, 9.17) is 4.74 Å². The van der Waals surface area contributed by atoms with Gasteiger partial charge in [0.2, 0.25) is 10.0 Å². The first kappa shape index (κ1) is 17.9. The Hall–Kier alpha value is -1.11. The Labute approximate surface area is 128 Å². The molecule has 0 amide bonds. The molecule has 6 heteroatoms. The molecule has 0 bridgehead atoms. The van der Waals surface area contributed by atoms with E-state index in [-0.39, 0.29) is 5.75 Å². The molecule has 120 valence electrons. The summed E-state index contributed by atoms with van der Waals surface area (Å²) in [7, 11) is -1.55. The molecule has 1 aromatic carbocycles. The fourth-order valence-corrected chi connectivity index (χ4v) is 2.95. The summed E-state index contributed by atoms with van der Waals surface area (Å²) in [4.78, 5) is 0. The Bertz CT molecular complexity index is 498. The fourth-order valence-electron chi connectivity index (χ4n) is 1.87. The van der Waals surface area contributed by atoms with E-state index >= 15 is 0 Å². The monoisotopic (exact) mass is 314 g/mol. The predicted molar refractivity (Wildman–Crippen MR) is 86.2 cm³/mol. The van der Waals surface area contributed by atoms with Gasteiger partial charge in [0.25, 0.3) is 0 Å². The van der Waals surface area contributed by atoms with Crippen molar-refractivity contribution in [2.24, 2.45) is 0 Å². The van der Waals surface area contributed by atoms with Crippen molar-refractivity contribution in [3.8, 4) is 5.75 Å². The third kappa shape index (κ3) is 8.04. The first-order chi connectivity index (χ1) is 9.93. The van der Waals surface area contributed by atoms with Crippen LogP contribution in [0.1, 0.15) is 25.8 Å². The molecule has 0 aliphatic carbocycles. The van der Waals surface area contributed by atoms with E-state index in [9.17, 15) is 8.42 Å². The third-order valence-electron chi connectivity index (χ3n) is 3.04. The normalized spacial score (nSPS) is 11.8. The Morgan fingerprint density at radius 3 is 2.38 bits per heavy atom. The van der Waals surface area contributed by atoms with Crippen LogP contribution < -0.4 is 14.8 Å². The van der Waals surface area contributed by atoms with Gasteiger partial charge in [-0.3, -0.25) is 0 Å². The van der Waals surface area contributed by atoms with Crippen molar-refractivity contribution in [2.45, 2.75) is 32.7 Å². The second kappa shape index (κ2) is 9.02. The van der Waals surface area contributed by atoms with Crippen LogP contribution in [-0.2, 0) is 16.4 Å². The van der Waals surface area contributed by atoms with Gasteiger partial charge in [0.05, 0.1) is 12.9 Å². The molecule has 0 saturated heterocycles. The minimum absolute atomic E-state index is 0.162. The molecule has 0 heterocycles. The van der Waals surface area contributed by atoms with Crippen molar-refractivity contribution in [1.82, 2.24) is 10.0 Å². The Morgan fingerprint density at radius 2 is 1.81 bits per heavy atom. The predicted octanol–water partition coefficient (Wildman–Crippen LogP) is 1.55. The molecule has 0 aromatic heterocycles. The summed E-state index contributed by atoms with van der Waals surface area (Å²) in [6.45, 7) is 5.23. The maximum Gasteiger partial charge on any atom is 0.211 e. The maximum absolute atomic E-state index is 11.8. The summed E-state index contributed by atoms with van der Waals surface area (Å²) in [5.74, 6) is 0.965. The minimum atomic E-state index is -3.18. The molecule has 0 unspecified atom stereocenters. The lowest BCUT2D eigenvalue weighted by molar-refractivity contribution is 0.414. The molecule has 0 spiro atoms. The van der Waals surface area contributed by atoms with Gasteiger partial charge < -0.3 is 10.1 Å². The number of methoxy groups -OCH3 is 1. The number of nitrogens with one attached hydrogen (secondary N) is 2. The Kier molecular flexibility index (Phi) is 7.71. The van der Waals surface area contributed by atoms with E-state index < -0.39 is 10.0 Å². The van der Waals surface area contributed by atoms with Crippen molar-refractivity contribution in [3.63, 3.8) is 0 Å². The van der Waals surface area contributed by atoms with E-state index in [1.807, 2.05) is 38.1 Å². The lowest BCUT2D eigenvalue weighted by Crippen LogP contribution is -2.31. The van der Waals surface area contributed by atoms with Crippen LogP contribution in [0, 0.1) is 0 Å². The average Bonchev–Trinajstić information content (AvgIpc) is 2.44. The largest absolute Gasteiger partial charge is 0.497 e. The number of benzene rings is 1. The van der Waals surface area contributed by atoms with Gasteiger partial charge in [0.15, 0.2) is 0 Å². The van der Waals surface area contributed by atoms with Crippen LogP contribution in [0.5, 0.6) is 5.75 Å². The molecule has 21 heavy (non-hydrogen) atoms. The molecule has 0 aliphatic rings. The highest BCUT2D eigenvalue weighted by Gasteiger charge is 2.09. The van der Waals surface area contributed by atoms with Crippen molar-refractivity contribution in [2.75, 3.05) is 26.0 Å². The lowest BCUT2D eigenvalue weighted by atomic mass is 10.1. The van der Waals surface area contributed by atoms with E-state index in [2.05, 4.69) is 10.0 Å². The van der Waals surface area contributed by atoms with Crippen LogP contribution in [0.2, 0.25) is 0 Å². The standard InChI is InChI=1S/C15H26N2O3S/c1-13(2)16-10-4-12-21(18,19)17-11-9-14-5-7-15(20-3)8-6-14/h5-8,13,16-17H,4,9-12H2,1-3H3. The first-order valence-electron chi connectivity index (χ1n) is 7.26. The number of hydrogen-bond acceptors (Lipinski definition) is 4. The summed E-state index contributed by atoms with van der Waals surface area (Å²) >= 11 is 0. The highest BCUT2D eigenvalue weighted by Crippen LogP contribution is 2.11. The van der Waals surface area contributed by atoms with Gasteiger partial charge in [-0.25, -0.2) is 13.1 Å². The average molecular weight is 314 g/mol. The summed E-state index contributed by atoms with van der Waals surface area (Å²) in [5.41, 5.74) is 1.08. The van der Waals surface area contributed by atoms with Crippen LogP contribution in [-0.4, -0.2) is 40.4 Å². The number of rotatable bonds is 10. The van der Waals surface area contributed by atoms with Crippen LogP contribution in [0.15, 0.2) is 24.3 Å². The van der Waals surface area contributed by atoms with E-state index in [0.29, 0.717) is 25.4 Å². The quantitative estimate of drug-likeness (QED) is 0.643. The topological polar surface area (TPSA) is 67.4 Å². The molecular formula is C15H26N2O3S. The number of ether oxygens (including phenoxy) is 1. The van der Waals surface area contributed by atoms with Gasteiger partial charge in [0, 0.05) is 12.6 Å². The fraction of sp³-hybridized carbons (Fsp3) is 0.600.